The zero-order valence-corrected chi connectivity index (χ0v) is 14.0. The molecule has 2 rings (SSSR count). The van der Waals surface area contributed by atoms with Gasteiger partial charge in [0.25, 0.3) is 0 Å². The van der Waals surface area contributed by atoms with Gasteiger partial charge in [-0.2, -0.15) is 5.26 Å². The van der Waals surface area contributed by atoms with Crippen LogP contribution in [0.5, 0.6) is 0 Å². The van der Waals surface area contributed by atoms with Crippen LogP contribution in [0.3, 0.4) is 0 Å². The minimum atomic E-state index is -0.349. The average Bonchev–Trinajstić information content (AvgIpc) is 2.96. The molecule has 120 valence electrons. The second-order valence-corrected chi connectivity index (χ2v) is 5.99. The maximum Gasteiger partial charge on any atom is 0.191 e. The Kier molecular flexibility index (Phi) is 6.12. The number of rotatable bonds is 5. The molecule has 0 fully saturated rings. The lowest BCUT2D eigenvalue weighted by Gasteiger charge is -2.11. The van der Waals surface area contributed by atoms with E-state index < -0.39 is 0 Å². The highest BCUT2D eigenvalue weighted by molar-refractivity contribution is 7.10. The van der Waals surface area contributed by atoms with E-state index in [9.17, 15) is 4.39 Å². The number of nitrogens with zero attached hydrogens (tertiary/aromatic N) is 2. The van der Waals surface area contributed by atoms with Crippen molar-refractivity contribution in [2.75, 3.05) is 6.54 Å². The highest BCUT2D eigenvalue weighted by atomic mass is 32.1. The van der Waals surface area contributed by atoms with Crippen LogP contribution in [-0.4, -0.2) is 12.5 Å². The average molecular weight is 330 g/mol. The summed E-state index contributed by atoms with van der Waals surface area (Å²) in [4.78, 5) is 5.64. The lowest BCUT2D eigenvalue weighted by Crippen LogP contribution is -2.36. The van der Waals surface area contributed by atoms with Gasteiger partial charge in [-0.25, -0.2) is 9.38 Å². The lowest BCUT2D eigenvalue weighted by atomic mass is 10.1. The number of nitriles is 1. The van der Waals surface area contributed by atoms with Gasteiger partial charge in [0.2, 0.25) is 0 Å². The van der Waals surface area contributed by atoms with Crippen LogP contribution in [0.25, 0.3) is 0 Å². The van der Waals surface area contributed by atoms with Crippen LogP contribution in [0, 0.1) is 24.1 Å². The molecule has 0 aliphatic heterocycles. The Hall–Kier alpha value is -2.39. The number of guanidine groups is 1. The van der Waals surface area contributed by atoms with Crippen molar-refractivity contribution in [1.82, 2.24) is 10.6 Å². The normalized spacial score (nSPS) is 11.1. The van der Waals surface area contributed by atoms with E-state index in [1.165, 1.54) is 28.6 Å². The molecule has 0 aliphatic carbocycles. The Labute approximate surface area is 139 Å². The standard InChI is InChI=1S/C17H19FN4S/c1-3-20-17(22-11-16-12(2)6-7-23-16)21-10-14-8-13(9-19)4-5-15(14)18/h4-8H,3,10-11H2,1-2H3,(H2,20,21,22). The van der Waals surface area contributed by atoms with Gasteiger partial charge in [-0.15, -0.1) is 11.3 Å². The number of aliphatic imine (C=N–C) groups is 1. The summed E-state index contributed by atoms with van der Waals surface area (Å²) in [6.45, 7) is 5.62. The van der Waals surface area contributed by atoms with E-state index in [0.29, 0.717) is 23.6 Å². The van der Waals surface area contributed by atoms with Crippen molar-refractivity contribution in [3.05, 3.63) is 57.0 Å². The zero-order chi connectivity index (χ0) is 16.7. The first-order chi connectivity index (χ1) is 11.1. The number of aryl methyl sites for hydroxylation is 1. The molecule has 4 nitrogen and oxygen atoms in total. The molecule has 2 N–H and O–H groups in total. The maximum atomic E-state index is 13.8. The van der Waals surface area contributed by atoms with E-state index in [1.54, 1.807) is 11.3 Å². The number of hydrogen-bond donors (Lipinski definition) is 2. The second-order valence-electron chi connectivity index (χ2n) is 4.99. The van der Waals surface area contributed by atoms with Crippen LogP contribution in [0.2, 0.25) is 0 Å². The van der Waals surface area contributed by atoms with Crippen molar-refractivity contribution in [2.24, 2.45) is 4.99 Å². The van der Waals surface area contributed by atoms with Crippen LogP contribution in [-0.2, 0) is 13.1 Å². The van der Waals surface area contributed by atoms with Crippen molar-refractivity contribution in [3.8, 4) is 6.07 Å². The van der Waals surface area contributed by atoms with Gasteiger partial charge in [0.05, 0.1) is 24.7 Å². The summed E-state index contributed by atoms with van der Waals surface area (Å²) in [5.74, 6) is 0.278. The summed E-state index contributed by atoms with van der Waals surface area (Å²) in [6, 6.07) is 8.39. The molecular formula is C17H19FN4S. The van der Waals surface area contributed by atoms with Crippen molar-refractivity contribution in [2.45, 2.75) is 26.9 Å². The summed E-state index contributed by atoms with van der Waals surface area (Å²) in [6.07, 6.45) is 0. The number of thiophene rings is 1. The van der Waals surface area contributed by atoms with Gasteiger partial charge in [0.15, 0.2) is 5.96 Å². The van der Waals surface area contributed by atoms with Gasteiger partial charge < -0.3 is 10.6 Å². The van der Waals surface area contributed by atoms with E-state index in [1.807, 2.05) is 13.0 Å². The highest BCUT2D eigenvalue weighted by Crippen LogP contribution is 2.15. The number of hydrogen-bond acceptors (Lipinski definition) is 3. The topological polar surface area (TPSA) is 60.2 Å². The largest absolute Gasteiger partial charge is 0.357 e. The van der Waals surface area contributed by atoms with Crippen molar-refractivity contribution < 1.29 is 4.39 Å². The molecule has 0 amide bonds. The predicted molar refractivity (Wildman–Crippen MR) is 91.8 cm³/mol. The molecule has 0 saturated heterocycles. The summed E-state index contributed by atoms with van der Waals surface area (Å²) in [5.41, 5.74) is 2.09. The molecule has 23 heavy (non-hydrogen) atoms. The molecule has 1 heterocycles. The molecule has 0 saturated carbocycles. The first kappa shape index (κ1) is 17.0. The van der Waals surface area contributed by atoms with Gasteiger partial charge in [0.1, 0.15) is 5.82 Å². The highest BCUT2D eigenvalue weighted by Gasteiger charge is 2.05. The molecule has 1 aromatic heterocycles. The minimum Gasteiger partial charge on any atom is -0.357 e. The van der Waals surface area contributed by atoms with Gasteiger partial charge in [0, 0.05) is 17.0 Å². The van der Waals surface area contributed by atoms with E-state index in [-0.39, 0.29) is 12.4 Å². The van der Waals surface area contributed by atoms with Crippen molar-refractivity contribution in [3.63, 3.8) is 0 Å². The quantitative estimate of drug-likeness (QED) is 0.653. The fourth-order valence-electron chi connectivity index (χ4n) is 2.02. The smallest absolute Gasteiger partial charge is 0.191 e. The second kappa shape index (κ2) is 8.30. The van der Waals surface area contributed by atoms with Gasteiger partial charge in [-0.3, -0.25) is 0 Å². The fraction of sp³-hybridized carbons (Fsp3) is 0.294. The Morgan fingerprint density at radius 1 is 1.35 bits per heavy atom. The fourth-order valence-corrected chi connectivity index (χ4v) is 2.87. The Morgan fingerprint density at radius 2 is 2.17 bits per heavy atom. The Morgan fingerprint density at radius 3 is 2.83 bits per heavy atom. The van der Waals surface area contributed by atoms with Crippen LogP contribution in [0.15, 0.2) is 34.6 Å². The number of halogens is 1. The molecule has 0 bridgehead atoms. The molecule has 2 aromatic rings. The molecule has 0 spiro atoms. The third-order valence-corrected chi connectivity index (χ3v) is 4.33. The molecule has 6 heteroatoms. The molecular weight excluding hydrogens is 311 g/mol. The van der Waals surface area contributed by atoms with E-state index >= 15 is 0 Å². The maximum absolute atomic E-state index is 13.8. The van der Waals surface area contributed by atoms with Crippen LogP contribution in [0.4, 0.5) is 4.39 Å². The summed E-state index contributed by atoms with van der Waals surface area (Å²) < 4.78 is 13.8. The Bertz CT molecular complexity index is 730. The molecule has 0 aliphatic rings. The van der Waals surface area contributed by atoms with Gasteiger partial charge in [-0.1, -0.05) is 0 Å². The van der Waals surface area contributed by atoms with Gasteiger partial charge in [-0.05, 0) is 49.1 Å². The molecule has 0 radical (unpaired) electrons. The van der Waals surface area contributed by atoms with E-state index in [4.69, 9.17) is 5.26 Å². The first-order valence-electron chi connectivity index (χ1n) is 7.37. The van der Waals surface area contributed by atoms with Gasteiger partial charge >= 0.3 is 0 Å². The molecule has 0 atom stereocenters. The third-order valence-electron chi connectivity index (χ3n) is 3.31. The Balaban J connectivity index is 2.06. The number of nitrogens with one attached hydrogen (secondary N) is 2. The lowest BCUT2D eigenvalue weighted by molar-refractivity contribution is 0.610. The summed E-state index contributed by atoms with van der Waals surface area (Å²) >= 11 is 1.69. The zero-order valence-electron chi connectivity index (χ0n) is 13.2. The monoisotopic (exact) mass is 330 g/mol. The SMILES string of the molecule is CCNC(=NCc1cc(C#N)ccc1F)NCc1sccc1C. The molecule has 0 unspecified atom stereocenters. The first-order valence-corrected chi connectivity index (χ1v) is 8.25. The van der Waals surface area contributed by atoms with Crippen molar-refractivity contribution in [1.29, 1.82) is 5.26 Å². The number of benzene rings is 1. The van der Waals surface area contributed by atoms with Crippen LogP contribution >= 0.6 is 11.3 Å². The summed E-state index contributed by atoms with van der Waals surface area (Å²) in [5, 5.41) is 17.3. The van der Waals surface area contributed by atoms with Crippen molar-refractivity contribution >= 4 is 17.3 Å². The minimum absolute atomic E-state index is 0.181. The van der Waals surface area contributed by atoms with E-state index in [2.05, 4.69) is 34.0 Å². The van der Waals surface area contributed by atoms with Crippen LogP contribution < -0.4 is 10.6 Å². The predicted octanol–water partition coefficient (Wildman–Crippen LogP) is 3.32. The van der Waals surface area contributed by atoms with Crippen LogP contribution in [0.1, 0.15) is 28.5 Å². The third kappa shape index (κ3) is 4.80. The molecule has 1 aromatic carbocycles. The summed E-state index contributed by atoms with van der Waals surface area (Å²) in [7, 11) is 0. The van der Waals surface area contributed by atoms with E-state index in [0.717, 1.165) is 6.54 Å².